The lowest BCUT2D eigenvalue weighted by Gasteiger charge is -2.46. The molecule has 1 saturated carbocycles. The first-order valence-electron chi connectivity index (χ1n) is 12.3. The van der Waals surface area contributed by atoms with Crippen molar-refractivity contribution in [3.63, 3.8) is 0 Å². The number of carbonyl (C=O) groups is 2. The van der Waals surface area contributed by atoms with Gasteiger partial charge in [0.25, 0.3) is 5.91 Å². The van der Waals surface area contributed by atoms with Gasteiger partial charge in [0.05, 0.1) is 11.8 Å². The minimum atomic E-state index is 0.0200. The number of likely N-dealkylation sites (tertiary alicyclic amines) is 1. The van der Waals surface area contributed by atoms with Gasteiger partial charge in [-0.2, -0.15) is 0 Å². The molecule has 1 aromatic carbocycles. The number of hydrogen-bond acceptors (Lipinski definition) is 5. The summed E-state index contributed by atoms with van der Waals surface area (Å²) >= 11 is 5.03. The molecule has 5 rings (SSSR count). The van der Waals surface area contributed by atoms with E-state index < -0.39 is 0 Å². The van der Waals surface area contributed by atoms with E-state index in [0.717, 1.165) is 57.8 Å². The molecular weight excluding hydrogens is 528 g/mol. The first-order chi connectivity index (χ1) is 17.0. The quantitative estimate of drug-likeness (QED) is 0.446. The average molecular weight is 560 g/mol. The molecule has 186 valence electrons. The Morgan fingerprint density at radius 1 is 1.20 bits per heavy atom. The van der Waals surface area contributed by atoms with Crippen LogP contribution in [0.1, 0.15) is 48.7 Å². The van der Waals surface area contributed by atoms with Gasteiger partial charge in [0.1, 0.15) is 11.4 Å². The summed E-state index contributed by atoms with van der Waals surface area (Å²) in [5.41, 5.74) is 2.55. The van der Waals surface area contributed by atoms with Crippen molar-refractivity contribution in [3.8, 4) is 5.75 Å². The molecule has 2 aromatic heterocycles. The largest absolute Gasteiger partial charge is 0.497 e. The van der Waals surface area contributed by atoms with Crippen molar-refractivity contribution >= 4 is 49.4 Å². The van der Waals surface area contributed by atoms with Gasteiger partial charge in [0.15, 0.2) is 9.56 Å². The molecule has 2 aliphatic rings. The highest BCUT2D eigenvalue weighted by Crippen LogP contribution is 2.41. The van der Waals surface area contributed by atoms with Crippen LogP contribution in [0, 0.1) is 17.8 Å². The van der Waals surface area contributed by atoms with Gasteiger partial charge in [-0.25, -0.2) is 4.98 Å². The molecular formula is C26H31BrN4O3S. The van der Waals surface area contributed by atoms with Crippen LogP contribution in [-0.4, -0.2) is 53.0 Å². The Morgan fingerprint density at radius 2 is 1.91 bits per heavy atom. The maximum absolute atomic E-state index is 13.9. The summed E-state index contributed by atoms with van der Waals surface area (Å²) in [4.78, 5) is 33.4. The van der Waals surface area contributed by atoms with Crippen LogP contribution in [0.3, 0.4) is 0 Å². The van der Waals surface area contributed by atoms with Crippen LogP contribution in [0.15, 0.2) is 34.2 Å². The van der Waals surface area contributed by atoms with Crippen LogP contribution in [0.25, 0.3) is 10.3 Å². The number of halogens is 1. The third-order valence-electron chi connectivity index (χ3n) is 7.36. The van der Waals surface area contributed by atoms with Gasteiger partial charge in [-0.3, -0.25) is 9.59 Å². The summed E-state index contributed by atoms with van der Waals surface area (Å²) in [5.74, 6) is 1.47. The van der Waals surface area contributed by atoms with Crippen LogP contribution in [0.5, 0.6) is 5.75 Å². The standard InChI is InChI=1S/C26H31BrN4O3S/c1-3-11-28-24(32)22-17-5-4-6-18(22)15-30(14-17)25(33)20-12-21-23(29-26(27)35-21)31(20)13-16-7-9-19(34-2)10-8-16/h7-10,12,17-18,22H,3-6,11,13-15H2,1-2H3,(H,28,32). The van der Waals surface area contributed by atoms with Gasteiger partial charge in [0, 0.05) is 32.1 Å². The maximum atomic E-state index is 13.9. The third-order valence-corrected chi connectivity index (χ3v) is 8.80. The molecule has 3 heterocycles. The first kappa shape index (κ1) is 24.3. The molecule has 1 aliphatic carbocycles. The van der Waals surface area contributed by atoms with Crippen LogP contribution in [0.4, 0.5) is 0 Å². The van der Waals surface area contributed by atoms with Crippen molar-refractivity contribution in [2.75, 3.05) is 26.7 Å². The molecule has 3 aromatic rings. The number of hydrogen-bond donors (Lipinski definition) is 1. The zero-order valence-electron chi connectivity index (χ0n) is 20.1. The number of piperidine rings is 1. The number of ether oxygens (including phenoxy) is 1. The summed E-state index contributed by atoms with van der Waals surface area (Å²) in [7, 11) is 1.65. The van der Waals surface area contributed by atoms with Crippen LogP contribution in [-0.2, 0) is 11.3 Å². The predicted molar refractivity (Wildman–Crippen MR) is 141 cm³/mol. The van der Waals surface area contributed by atoms with Gasteiger partial charge in [-0.1, -0.05) is 25.5 Å². The van der Waals surface area contributed by atoms with E-state index in [1.54, 1.807) is 7.11 Å². The van der Waals surface area contributed by atoms with E-state index in [1.165, 1.54) is 11.3 Å². The second kappa shape index (κ2) is 10.3. The van der Waals surface area contributed by atoms with Gasteiger partial charge in [0.2, 0.25) is 5.91 Å². The lowest BCUT2D eigenvalue weighted by molar-refractivity contribution is -0.132. The van der Waals surface area contributed by atoms with Gasteiger partial charge in [-0.15, -0.1) is 11.3 Å². The lowest BCUT2D eigenvalue weighted by atomic mass is 9.68. The first-order valence-corrected chi connectivity index (χ1v) is 13.9. The van der Waals surface area contributed by atoms with Crippen LogP contribution >= 0.6 is 27.3 Å². The predicted octanol–water partition coefficient (Wildman–Crippen LogP) is 4.93. The number of nitrogens with zero attached hydrogens (tertiary/aromatic N) is 3. The minimum Gasteiger partial charge on any atom is -0.497 e. The van der Waals surface area contributed by atoms with E-state index >= 15 is 0 Å². The van der Waals surface area contributed by atoms with Crippen molar-refractivity contribution < 1.29 is 14.3 Å². The Morgan fingerprint density at radius 3 is 2.57 bits per heavy atom. The minimum absolute atomic E-state index is 0.0200. The number of benzene rings is 1. The van der Waals surface area contributed by atoms with Gasteiger partial charge >= 0.3 is 0 Å². The SMILES string of the molecule is CCCNC(=O)C1C2CCCC1CN(C(=O)c1cc3sc(Br)nc3n1Cc1ccc(OC)cc1)C2. The molecule has 7 nitrogen and oxygen atoms in total. The topological polar surface area (TPSA) is 76.5 Å². The summed E-state index contributed by atoms with van der Waals surface area (Å²) in [6, 6.07) is 9.88. The molecule has 1 aliphatic heterocycles. The Labute approximate surface area is 218 Å². The molecule has 0 radical (unpaired) electrons. The maximum Gasteiger partial charge on any atom is 0.270 e. The third kappa shape index (κ3) is 4.85. The molecule has 2 unspecified atom stereocenters. The molecule has 0 spiro atoms. The number of thiazole rings is 1. The van der Waals surface area contributed by atoms with Gasteiger partial charge in [-0.05, 0) is 70.8 Å². The Hall–Kier alpha value is -2.39. The fourth-order valence-electron chi connectivity index (χ4n) is 5.71. The molecule has 2 atom stereocenters. The monoisotopic (exact) mass is 558 g/mol. The van der Waals surface area contributed by atoms with Crippen LogP contribution in [0.2, 0.25) is 0 Å². The zero-order valence-corrected chi connectivity index (χ0v) is 22.5. The number of fused-ring (bicyclic) bond motifs is 3. The fourth-order valence-corrected chi connectivity index (χ4v) is 7.13. The van der Waals surface area contributed by atoms with Crippen molar-refractivity contribution in [1.82, 2.24) is 19.8 Å². The summed E-state index contributed by atoms with van der Waals surface area (Å²) in [6.07, 6.45) is 4.07. The molecule has 1 saturated heterocycles. The molecule has 1 N–H and O–H groups in total. The summed E-state index contributed by atoms with van der Waals surface area (Å²) in [5, 5.41) is 3.10. The molecule has 2 bridgehead atoms. The second-order valence-corrected chi connectivity index (χ2v) is 11.9. The Kier molecular flexibility index (Phi) is 7.16. The molecule has 35 heavy (non-hydrogen) atoms. The zero-order chi connectivity index (χ0) is 24.5. The van der Waals surface area contributed by atoms with Crippen molar-refractivity contribution in [2.45, 2.75) is 39.2 Å². The number of nitrogens with one attached hydrogen (secondary N) is 1. The second-order valence-electron chi connectivity index (χ2n) is 9.60. The van der Waals surface area contributed by atoms with Crippen molar-refractivity contribution in [1.29, 1.82) is 0 Å². The average Bonchev–Trinajstić information content (AvgIpc) is 3.38. The molecule has 9 heteroatoms. The molecule has 2 amide bonds. The smallest absolute Gasteiger partial charge is 0.270 e. The van der Waals surface area contributed by atoms with Crippen LogP contribution < -0.4 is 10.1 Å². The lowest BCUT2D eigenvalue weighted by Crippen LogP contribution is -2.55. The van der Waals surface area contributed by atoms with E-state index in [0.29, 0.717) is 25.3 Å². The number of amides is 2. The van der Waals surface area contributed by atoms with E-state index in [1.807, 2.05) is 39.8 Å². The number of methoxy groups -OCH3 is 1. The Balaban J connectivity index is 1.41. The van der Waals surface area contributed by atoms with E-state index in [2.05, 4.69) is 33.2 Å². The number of aromatic nitrogens is 2. The summed E-state index contributed by atoms with van der Waals surface area (Å²) in [6.45, 7) is 4.61. The summed E-state index contributed by atoms with van der Waals surface area (Å²) < 4.78 is 9.11. The highest BCUT2D eigenvalue weighted by molar-refractivity contribution is 9.11. The van der Waals surface area contributed by atoms with E-state index in [-0.39, 0.29) is 29.6 Å². The van der Waals surface area contributed by atoms with Crippen molar-refractivity contribution in [3.05, 3.63) is 45.5 Å². The van der Waals surface area contributed by atoms with E-state index in [4.69, 9.17) is 4.74 Å². The Bertz CT molecular complexity index is 1210. The fraction of sp³-hybridized carbons (Fsp3) is 0.500. The van der Waals surface area contributed by atoms with E-state index in [9.17, 15) is 9.59 Å². The highest BCUT2D eigenvalue weighted by atomic mass is 79.9. The normalized spacial score (nSPS) is 21.8. The highest BCUT2D eigenvalue weighted by Gasteiger charge is 2.44. The number of carbonyl (C=O) groups excluding carboxylic acids is 2. The van der Waals surface area contributed by atoms with Gasteiger partial charge < -0.3 is 19.5 Å². The number of rotatable bonds is 7. The molecule has 2 fully saturated rings. The van der Waals surface area contributed by atoms with Crippen molar-refractivity contribution in [2.24, 2.45) is 17.8 Å².